The molecular weight excluding hydrogens is 440 g/mol. The molecule has 8 nitrogen and oxygen atoms in total. The summed E-state index contributed by atoms with van der Waals surface area (Å²) in [5.41, 5.74) is 11.1. The SMILES string of the molecule is CC#CC(=O)N1CCC(c2c(-c3ccc(Oc4cccc(C)n4)cc3)c3c(N)ncnc3n2C)C1. The van der Waals surface area contributed by atoms with Crippen molar-refractivity contribution < 1.29 is 9.53 Å². The standard InChI is InChI=1S/C27H26N6O2/c1-4-6-22(34)33-14-13-19(15-33)25-23(24-26(28)29-16-30-27(24)32(25)3)18-9-11-20(12-10-18)35-21-8-5-7-17(2)31-21/h5,7-12,16,19H,13-15H2,1-3H3,(H2,28,29,30). The van der Waals surface area contributed by atoms with Crippen LogP contribution in [0.1, 0.15) is 30.7 Å². The minimum atomic E-state index is -0.138. The summed E-state index contributed by atoms with van der Waals surface area (Å²) >= 11 is 0. The van der Waals surface area contributed by atoms with Crippen LogP contribution in [0, 0.1) is 18.8 Å². The molecule has 176 valence electrons. The number of nitrogen functional groups attached to an aromatic ring is 1. The second-order valence-corrected chi connectivity index (χ2v) is 8.63. The number of anilines is 1. The zero-order valence-electron chi connectivity index (χ0n) is 19.9. The second kappa shape index (κ2) is 9.11. The Morgan fingerprint density at radius 3 is 2.71 bits per heavy atom. The molecule has 8 heteroatoms. The van der Waals surface area contributed by atoms with Crippen molar-refractivity contribution in [1.82, 2.24) is 24.4 Å². The number of ether oxygens (including phenoxy) is 1. The van der Waals surface area contributed by atoms with E-state index < -0.39 is 0 Å². The van der Waals surface area contributed by atoms with Gasteiger partial charge in [0, 0.05) is 49.1 Å². The lowest BCUT2D eigenvalue weighted by Crippen LogP contribution is -2.27. The van der Waals surface area contributed by atoms with Crippen molar-refractivity contribution in [3.05, 3.63) is 60.2 Å². The van der Waals surface area contributed by atoms with Crippen LogP contribution in [-0.4, -0.2) is 43.4 Å². The van der Waals surface area contributed by atoms with Crippen LogP contribution in [0.15, 0.2) is 48.8 Å². The summed E-state index contributed by atoms with van der Waals surface area (Å²) in [6.07, 6.45) is 2.32. The summed E-state index contributed by atoms with van der Waals surface area (Å²) in [6, 6.07) is 13.5. The van der Waals surface area contributed by atoms with E-state index in [9.17, 15) is 4.79 Å². The fourth-order valence-electron chi connectivity index (χ4n) is 4.80. The van der Waals surface area contributed by atoms with Crippen molar-refractivity contribution in [3.8, 4) is 34.6 Å². The summed E-state index contributed by atoms with van der Waals surface area (Å²) in [6.45, 7) is 4.86. The number of aryl methyl sites for hydroxylation is 2. The van der Waals surface area contributed by atoms with Crippen LogP contribution in [0.2, 0.25) is 0 Å². The van der Waals surface area contributed by atoms with Gasteiger partial charge in [0.25, 0.3) is 5.91 Å². The van der Waals surface area contributed by atoms with Gasteiger partial charge < -0.3 is 19.9 Å². The number of amides is 1. The van der Waals surface area contributed by atoms with Gasteiger partial charge in [-0.25, -0.2) is 15.0 Å². The maximum Gasteiger partial charge on any atom is 0.298 e. The first-order chi connectivity index (χ1) is 17.0. The lowest BCUT2D eigenvalue weighted by Gasteiger charge is -2.16. The van der Waals surface area contributed by atoms with Crippen molar-refractivity contribution in [2.75, 3.05) is 18.8 Å². The third kappa shape index (κ3) is 4.17. The van der Waals surface area contributed by atoms with Crippen LogP contribution in [0.5, 0.6) is 11.6 Å². The fourth-order valence-corrected chi connectivity index (χ4v) is 4.80. The predicted molar refractivity (Wildman–Crippen MR) is 135 cm³/mol. The first-order valence-corrected chi connectivity index (χ1v) is 11.5. The molecule has 1 aromatic carbocycles. The van der Waals surface area contributed by atoms with Gasteiger partial charge in [-0.1, -0.05) is 24.1 Å². The smallest absolute Gasteiger partial charge is 0.298 e. The van der Waals surface area contributed by atoms with Crippen LogP contribution in [0.4, 0.5) is 5.82 Å². The van der Waals surface area contributed by atoms with Gasteiger partial charge in [0.05, 0.1) is 5.39 Å². The van der Waals surface area contributed by atoms with Gasteiger partial charge >= 0.3 is 0 Å². The van der Waals surface area contributed by atoms with Crippen molar-refractivity contribution in [2.24, 2.45) is 7.05 Å². The molecule has 3 aromatic heterocycles. The van der Waals surface area contributed by atoms with Gasteiger partial charge in [0.15, 0.2) is 0 Å². The maximum atomic E-state index is 12.4. The van der Waals surface area contributed by atoms with Gasteiger partial charge in [-0.2, -0.15) is 0 Å². The summed E-state index contributed by atoms with van der Waals surface area (Å²) in [7, 11) is 1.99. The largest absolute Gasteiger partial charge is 0.439 e. The summed E-state index contributed by atoms with van der Waals surface area (Å²) in [5, 5.41) is 0.817. The first kappa shape index (κ1) is 22.4. The van der Waals surface area contributed by atoms with E-state index in [0.29, 0.717) is 30.5 Å². The van der Waals surface area contributed by atoms with Crippen molar-refractivity contribution in [2.45, 2.75) is 26.2 Å². The number of fused-ring (bicyclic) bond motifs is 1. The van der Waals surface area contributed by atoms with Crippen molar-refractivity contribution in [3.63, 3.8) is 0 Å². The van der Waals surface area contributed by atoms with Gasteiger partial charge in [-0.3, -0.25) is 4.79 Å². The summed E-state index contributed by atoms with van der Waals surface area (Å²) < 4.78 is 8.01. The molecule has 1 unspecified atom stereocenters. The number of hydrogen-bond acceptors (Lipinski definition) is 6. The fraction of sp³-hybridized carbons (Fsp3) is 0.259. The number of aromatic nitrogens is 4. The number of carbonyl (C=O) groups is 1. The highest BCUT2D eigenvalue weighted by Gasteiger charge is 2.32. The van der Waals surface area contributed by atoms with Gasteiger partial charge in [-0.05, 0) is 50.0 Å². The van der Waals surface area contributed by atoms with E-state index in [4.69, 9.17) is 10.5 Å². The van der Waals surface area contributed by atoms with Crippen molar-refractivity contribution >= 4 is 22.8 Å². The van der Waals surface area contributed by atoms with Crippen molar-refractivity contribution in [1.29, 1.82) is 0 Å². The summed E-state index contributed by atoms with van der Waals surface area (Å²) in [4.78, 5) is 27.4. The number of nitrogens with two attached hydrogens (primary N) is 1. The molecule has 0 saturated carbocycles. The number of pyridine rings is 1. The Morgan fingerprint density at radius 1 is 1.17 bits per heavy atom. The predicted octanol–water partition coefficient (Wildman–Crippen LogP) is 4.05. The number of nitrogens with zero attached hydrogens (tertiary/aromatic N) is 5. The molecule has 2 N–H and O–H groups in total. The normalized spacial score (nSPS) is 15.2. The quantitative estimate of drug-likeness (QED) is 0.456. The van der Waals surface area contributed by atoms with Gasteiger partial charge in [0.2, 0.25) is 5.88 Å². The molecule has 1 fully saturated rings. The van der Waals surface area contributed by atoms with Gasteiger partial charge in [-0.15, -0.1) is 0 Å². The van der Waals surface area contributed by atoms with E-state index in [-0.39, 0.29) is 11.8 Å². The molecule has 4 heterocycles. The van der Waals surface area contributed by atoms with Crippen LogP contribution in [0.25, 0.3) is 22.2 Å². The topological polar surface area (TPSA) is 99.2 Å². The lowest BCUT2D eigenvalue weighted by atomic mass is 9.94. The zero-order chi connectivity index (χ0) is 24.5. The molecule has 1 aliphatic heterocycles. The first-order valence-electron chi connectivity index (χ1n) is 11.5. The highest BCUT2D eigenvalue weighted by molar-refractivity contribution is 6.02. The Bertz CT molecular complexity index is 1480. The molecule has 0 radical (unpaired) electrons. The van der Waals surface area contributed by atoms with E-state index in [1.807, 2.05) is 61.3 Å². The minimum Gasteiger partial charge on any atom is -0.439 e. The molecule has 1 saturated heterocycles. The molecule has 1 aliphatic rings. The molecule has 1 amide bonds. The maximum absolute atomic E-state index is 12.4. The number of benzene rings is 1. The molecule has 0 spiro atoms. The number of rotatable bonds is 4. The molecule has 35 heavy (non-hydrogen) atoms. The Morgan fingerprint density at radius 2 is 1.97 bits per heavy atom. The Kier molecular flexibility index (Phi) is 5.83. The number of likely N-dealkylation sites (tertiary alicyclic amines) is 1. The monoisotopic (exact) mass is 466 g/mol. The third-order valence-electron chi connectivity index (χ3n) is 6.36. The van der Waals surface area contributed by atoms with E-state index in [1.54, 1.807) is 6.92 Å². The van der Waals surface area contributed by atoms with Gasteiger partial charge in [0.1, 0.15) is 23.5 Å². The highest BCUT2D eigenvalue weighted by atomic mass is 16.5. The number of hydrogen-bond donors (Lipinski definition) is 1. The molecule has 4 aromatic rings. The Hall–Kier alpha value is -4.38. The van der Waals surface area contributed by atoms with E-state index in [0.717, 1.165) is 40.0 Å². The highest BCUT2D eigenvalue weighted by Crippen LogP contribution is 2.42. The Balaban J connectivity index is 1.55. The molecule has 5 rings (SSSR count). The molecule has 1 atom stereocenters. The molecule has 0 aliphatic carbocycles. The Labute approximate surface area is 203 Å². The molecule has 0 bridgehead atoms. The minimum absolute atomic E-state index is 0.124. The average molecular weight is 467 g/mol. The average Bonchev–Trinajstić information content (AvgIpc) is 3.44. The zero-order valence-corrected chi connectivity index (χ0v) is 19.9. The van der Waals surface area contributed by atoms with E-state index >= 15 is 0 Å². The van der Waals surface area contributed by atoms with Crippen LogP contribution < -0.4 is 10.5 Å². The summed E-state index contributed by atoms with van der Waals surface area (Å²) in [5.74, 6) is 7.01. The lowest BCUT2D eigenvalue weighted by molar-refractivity contribution is -0.124. The molecular formula is C27H26N6O2. The van der Waals surface area contributed by atoms with E-state index in [2.05, 4.69) is 31.4 Å². The second-order valence-electron chi connectivity index (χ2n) is 8.63. The van der Waals surface area contributed by atoms with E-state index in [1.165, 1.54) is 6.33 Å². The van der Waals surface area contributed by atoms with Crippen LogP contribution in [-0.2, 0) is 11.8 Å². The van der Waals surface area contributed by atoms with Crippen LogP contribution in [0.3, 0.4) is 0 Å². The third-order valence-corrected chi connectivity index (χ3v) is 6.36. The number of carbonyl (C=O) groups excluding carboxylic acids is 1. The van der Waals surface area contributed by atoms with Crippen LogP contribution >= 0.6 is 0 Å².